The lowest BCUT2D eigenvalue weighted by atomic mass is 10.1. The van der Waals surface area contributed by atoms with Crippen molar-refractivity contribution in [2.75, 3.05) is 7.11 Å². The van der Waals surface area contributed by atoms with Crippen LogP contribution in [0, 0.1) is 5.82 Å². The van der Waals surface area contributed by atoms with Crippen molar-refractivity contribution < 1.29 is 13.9 Å². The van der Waals surface area contributed by atoms with E-state index in [9.17, 15) is 4.39 Å². The minimum Gasteiger partial charge on any atom is -0.496 e. The van der Waals surface area contributed by atoms with Gasteiger partial charge in [-0.2, -0.15) is 0 Å². The summed E-state index contributed by atoms with van der Waals surface area (Å²) in [5.41, 5.74) is 7.12. The van der Waals surface area contributed by atoms with Gasteiger partial charge in [-0.1, -0.05) is 12.2 Å². The summed E-state index contributed by atoms with van der Waals surface area (Å²) in [6.07, 6.45) is 0. The van der Waals surface area contributed by atoms with E-state index in [0.29, 0.717) is 21.0 Å². The van der Waals surface area contributed by atoms with E-state index in [1.54, 1.807) is 37.4 Å². The number of halogens is 2. The lowest BCUT2D eigenvalue weighted by molar-refractivity contribution is 0.295. The molecule has 2 rings (SSSR count). The Balaban J connectivity index is 2.19. The second-order valence-corrected chi connectivity index (χ2v) is 5.55. The topological polar surface area (TPSA) is 44.5 Å². The Bertz CT molecular complexity index is 679. The lowest BCUT2D eigenvalue weighted by Gasteiger charge is -2.12. The fraction of sp³-hybridized carbons (Fsp3) is 0.133. The number of hydrogen-bond donors (Lipinski definition) is 1. The van der Waals surface area contributed by atoms with E-state index in [4.69, 9.17) is 27.4 Å². The van der Waals surface area contributed by atoms with E-state index < -0.39 is 0 Å². The van der Waals surface area contributed by atoms with E-state index in [1.807, 2.05) is 0 Å². The van der Waals surface area contributed by atoms with Crippen LogP contribution in [0.15, 0.2) is 40.9 Å². The van der Waals surface area contributed by atoms with Gasteiger partial charge in [-0.15, -0.1) is 0 Å². The normalized spacial score (nSPS) is 10.2. The molecule has 0 unspecified atom stereocenters. The maximum Gasteiger partial charge on any atom is 0.141 e. The fourth-order valence-corrected chi connectivity index (χ4v) is 2.15. The molecular weight excluding hydrogens is 357 g/mol. The third kappa shape index (κ3) is 3.92. The molecule has 0 spiro atoms. The van der Waals surface area contributed by atoms with Crippen LogP contribution in [0.25, 0.3) is 0 Å². The van der Waals surface area contributed by atoms with Crippen LogP contribution in [-0.4, -0.2) is 12.1 Å². The molecule has 2 aromatic rings. The van der Waals surface area contributed by atoms with E-state index >= 15 is 0 Å². The highest BCUT2D eigenvalue weighted by Crippen LogP contribution is 2.24. The monoisotopic (exact) mass is 369 g/mol. The molecule has 2 aromatic carbocycles. The first kappa shape index (κ1) is 15.7. The number of hydrogen-bond acceptors (Lipinski definition) is 3. The Morgan fingerprint density at radius 1 is 1.29 bits per heavy atom. The molecule has 3 nitrogen and oxygen atoms in total. The van der Waals surface area contributed by atoms with Gasteiger partial charge in [-0.3, -0.25) is 0 Å². The van der Waals surface area contributed by atoms with Crippen molar-refractivity contribution in [2.45, 2.75) is 6.61 Å². The summed E-state index contributed by atoms with van der Waals surface area (Å²) in [6.45, 7) is 0.223. The number of thiocarbonyl (C=S) groups is 1. The van der Waals surface area contributed by atoms with Crippen LogP contribution >= 0.6 is 28.1 Å². The predicted molar refractivity (Wildman–Crippen MR) is 87.3 cm³/mol. The van der Waals surface area contributed by atoms with Crippen molar-refractivity contribution >= 4 is 33.1 Å². The van der Waals surface area contributed by atoms with Crippen LogP contribution in [-0.2, 0) is 6.61 Å². The number of methoxy groups -OCH3 is 1. The van der Waals surface area contributed by atoms with Gasteiger partial charge in [0.05, 0.1) is 11.6 Å². The Morgan fingerprint density at radius 2 is 2.05 bits per heavy atom. The Labute approximate surface area is 136 Å². The number of nitrogens with two attached hydrogens (primary N) is 1. The van der Waals surface area contributed by atoms with Gasteiger partial charge in [0.1, 0.15) is 28.9 Å². The van der Waals surface area contributed by atoms with Gasteiger partial charge >= 0.3 is 0 Å². The summed E-state index contributed by atoms with van der Waals surface area (Å²) >= 11 is 8.05. The molecule has 0 amide bonds. The Kier molecular flexibility index (Phi) is 5.14. The Morgan fingerprint density at radius 3 is 2.67 bits per heavy atom. The predicted octanol–water partition coefficient (Wildman–Crippen LogP) is 3.81. The molecule has 0 aliphatic heterocycles. The smallest absolute Gasteiger partial charge is 0.141 e. The zero-order chi connectivity index (χ0) is 15.4. The second kappa shape index (κ2) is 6.87. The first-order chi connectivity index (χ1) is 10.0. The molecule has 0 bridgehead atoms. The molecule has 0 fully saturated rings. The number of benzene rings is 2. The lowest BCUT2D eigenvalue weighted by Crippen LogP contribution is -2.10. The van der Waals surface area contributed by atoms with Crippen LogP contribution < -0.4 is 15.2 Å². The molecular formula is C15H13BrFNO2S. The van der Waals surface area contributed by atoms with Gasteiger partial charge < -0.3 is 15.2 Å². The van der Waals surface area contributed by atoms with Crippen molar-refractivity contribution in [3.05, 3.63) is 57.8 Å². The summed E-state index contributed by atoms with van der Waals surface area (Å²) in [6, 6.07) is 9.94. The van der Waals surface area contributed by atoms with E-state index in [1.165, 1.54) is 6.07 Å². The quantitative estimate of drug-likeness (QED) is 0.813. The zero-order valence-electron chi connectivity index (χ0n) is 11.2. The van der Waals surface area contributed by atoms with Gasteiger partial charge in [0, 0.05) is 17.2 Å². The molecule has 21 heavy (non-hydrogen) atoms. The molecule has 6 heteroatoms. The summed E-state index contributed by atoms with van der Waals surface area (Å²) in [5, 5.41) is 0. The molecule has 0 aliphatic rings. The Hall–Kier alpha value is -1.66. The SMILES string of the molecule is COc1ccc(C(N)=S)cc1COc1ccc(Br)c(F)c1. The maximum atomic E-state index is 13.4. The fourth-order valence-electron chi connectivity index (χ4n) is 1.77. The third-order valence-electron chi connectivity index (χ3n) is 2.85. The standard InChI is InChI=1S/C15H13BrFNO2S/c1-19-14-5-2-9(15(18)21)6-10(14)8-20-11-3-4-12(16)13(17)7-11/h2-7H,8H2,1H3,(H2,18,21). The van der Waals surface area contributed by atoms with E-state index in [-0.39, 0.29) is 12.4 Å². The molecule has 0 atom stereocenters. The van der Waals surface area contributed by atoms with E-state index in [2.05, 4.69) is 15.9 Å². The molecule has 0 saturated heterocycles. The molecule has 0 radical (unpaired) electrons. The molecule has 0 aromatic heterocycles. The largest absolute Gasteiger partial charge is 0.496 e. The highest BCUT2D eigenvalue weighted by Gasteiger charge is 2.08. The van der Waals surface area contributed by atoms with Crippen molar-refractivity contribution in [2.24, 2.45) is 5.73 Å². The average molecular weight is 370 g/mol. The minimum atomic E-state index is -0.378. The highest BCUT2D eigenvalue weighted by molar-refractivity contribution is 9.10. The summed E-state index contributed by atoms with van der Waals surface area (Å²) in [5.74, 6) is 0.711. The third-order valence-corrected chi connectivity index (χ3v) is 3.73. The highest BCUT2D eigenvalue weighted by atomic mass is 79.9. The number of rotatable bonds is 5. The van der Waals surface area contributed by atoms with Gasteiger partial charge in [0.25, 0.3) is 0 Å². The molecule has 0 saturated carbocycles. The molecule has 0 heterocycles. The molecule has 0 aliphatic carbocycles. The van der Waals surface area contributed by atoms with Crippen LogP contribution in [0.1, 0.15) is 11.1 Å². The van der Waals surface area contributed by atoms with Crippen LogP contribution in [0.3, 0.4) is 0 Å². The number of ether oxygens (including phenoxy) is 2. The second-order valence-electron chi connectivity index (χ2n) is 4.26. The molecule has 110 valence electrons. The maximum absolute atomic E-state index is 13.4. The first-order valence-corrected chi connectivity index (χ1v) is 7.26. The van der Waals surface area contributed by atoms with Gasteiger partial charge in [0.15, 0.2) is 0 Å². The van der Waals surface area contributed by atoms with Gasteiger partial charge in [-0.25, -0.2) is 4.39 Å². The van der Waals surface area contributed by atoms with Crippen LogP contribution in [0.4, 0.5) is 4.39 Å². The summed E-state index contributed by atoms with van der Waals surface area (Å²) in [7, 11) is 1.57. The zero-order valence-corrected chi connectivity index (χ0v) is 13.6. The summed E-state index contributed by atoms with van der Waals surface area (Å²) < 4.78 is 24.7. The van der Waals surface area contributed by atoms with Crippen molar-refractivity contribution in [1.82, 2.24) is 0 Å². The van der Waals surface area contributed by atoms with Crippen molar-refractivity contribution in [3.8, 4) is 11.5 Å². The summed E-state index contributed by atoms with van der Waals surface area (Å²) in [4.78, 5) is 0.300. The molecule has 2 N–H and O–H groups in total. The van der Waals surface area contributed by atoms with Gasteiger partial charge in [-0.05, 0) is 46.3 Å². The van der Waals surface area contributed by atoms with Crippen molar-refractivity contribution in [3.63, 3.8) is 0 Å². The van der Waals surface area contributed by atoms with Crippen molar-refractivity contribution in [1.29, 1.82) is 0 Å². The minimum absolute atomic E-state index is 0.223. The van der Waals surface area contributed by atoms with E-state index in [0.717, 1.165) is 11.1 Å². The van der Waals surface area contributed by atoms with Crippen LogP contribution in [0.5, 0.6) is 11.5 Å². The van der Waals surface area contributed by atoms with Crippen LogP contribution in [0.2, 0.25) is 0 Å². The van der Waals surface area contributed by atoms with Gasteiger partial charge in [0.2, 0.25) is 0 Å². The average Bonchev–Trinajstić information content (AvgIpc) is 2.48. The first-order valence-electron chi connectivity index (χ1n) is 6.06.